The van der Waals surface area contributed by atoms with Crippen molar-refractivity contribution in [1.82, 2.24) is 0 Å². The standard InChI is InChI=1S/C15H32SeSi4/c1-17(2,3)20(18(4,5)6,19(7,8)9)16-15-13-11-10-12-14-15/h10-14H,1-9H3. The molecule has 20 heavy (non-hydrogen) atoms. The minimum atomic E-state index is -1.16. The van der Waals surface area contributed by atoms with Gasteiger partial charge in [-0.3, -0.25) is 0 Å². The molecule has 0 saturated heterocycles. The van der Waals surface area contributed by atoms with Gasteiger partial charge in [0.2, 0.25) is 0 Å². The van der Waals surface area contributed by atoms with E-state index in [0.29, 0.717) is 0 Å². The van der Waals surface area contributed by atoms with E-state index in [-0.39, 0.29) is 0 Å². The molecule has 0 spiro atoms. The summed E-state index contributed by atoms with van der Waals surface area (Å²) in [7, 11) is -3.30. The van der Waals surface area contributed by atoms with Crippen molar-refractivity contribution in [3.8, 4) is 0 Å². The first kappa shape index (κ1) is 18.7. The van der Waals surface area contributed by atoms with E-state index in [1.807, 2.05) is 0 Å². The molecular weight excluding hydrogens is 371 g/mol. The van der Waals surface area contributed by atoms with E-state index in [1.54, 1.807) is 4.46 Å². The Labute approximate surface area is 135 Å². The van der Waals surface area contributed by atoms with Crippen molar-refractivity contribution in [2.75, 3.05) is 0 Å². The second kappa shape index (κ2) is 6.01. The summed E-state index contributed by atoms with van der Waals surface area (Å²) in [5.41, 5.74) is 0. The van der Waals surface area contributed by atoms with Crippen LogP contribution in [0.15, 0.2) is 30.3 Å². The van der Waals surface area contributed by atoms with Gasteiger partial charge < -0.3 is 0 Å². The van der Waals surface area contributed by atoms with Crippen LogP contribution in [0, 0.1) is 0 Å². The van der Waals surface area contributed by atoms with Crippen LogP contribution in [0.3, 0.4) is 0 Å². The van der Waals surface area contributed by atoms with Crippen LogP contribution in [0.4, 0.5) is 0 Å². The summed E-state index contributed by atoms with van der Waals surface area (Å²) in [6.07, 6.45) is 0. The molecule has 1 aromatic carbocycles. The van der Waals surface area contributed by atoms with E-state index in [2.05, 4.69) is 89.3 Å². The summed E-state index contributed by atoms with van der Waals surface area (Å²) in [5, 5.41) is -1.16. The third kappa shape index (κ3) is 3.50. The predicted molar refractivity (Wildman–Crippen MR) is 108 cm³/mol. The van der Waals surface area contributed by atoms with Gasteiger partial charge in [-0.15, -0.1) is 0 Å². The molecule has 0 N–H and O–H groups in total. The third-order valence-electron chi connectivity index (χ3n) is 4.18. The molecule has 0 saturated carbocycles. The van der Waals surface area contributed by atoms with Crippen LogP contribution in [0.1, 0.15) is 0 Å². The quantitative estimate of drug-likeness (QED) is 0.646. The summed E-state index contributed by atoms with van der Waals surface area (Å²) in [5.74, 6) is 0. The molecule has 0 amide bonds. The number of benzene rings is 1. The fourth-order valence-electron chi connectivity index (χ4n) is 4.50. The zero-order valence-electron chi connectivity index (χ0n) is 14.8. The number of hydrogen-bond acceptors (Lipinski definition) is 0. The van der Waals surface area contributed by atoms with Gasteiger partial charge in [0.15, 0.2) is 0 Å². The second-order valence-electron chi connectivity index (χ2n) is 8.85. The van der Waals surface area contributed by atoms with Crippen LogP contribution in [0.25, 0.3) is 0 Å². The van der Waals surface area contributed by atoms with Crippen LogP contribution in [0.5, 0.6) is 0 Å². The van der Waals surface area contributed by atoms with Gasteiger partial charge in [0.1, 0.15) is 0 Å². The van der Waals surface area contributed by atoms with Crippen LogP contribution in [-0.4, -0.2) is 42.3 Å². The van der Waals surface area contributed by atoms with Crippen LogP contribution in [0.2, 0.25) is 58.9 Å². The molecule has 0 atom stereocenters. The molecule has 0 nitrogen and oxygen atoms in total. The van der Waals surface area contributed by atoms with Gasteiger partial charge in [0.05, 0.1) is 0 Å². The summed E-state index contributed by atoms with van der Waals surface area (Å²) < 4.78 is 1.68. The summed E-state index contributed by atoms with van der Waals surface area (Å²) in [6, 6.07) is 11.5. The Morgan fingerprint density at radius 2 is 0.950 bits per heavy atom. The second-order valence-corrected chi connectivity index (χ2v) is 62.1. The predicted octanol–water partition coefficient (Wildman–Crippen LogP) is 4.21. The van der Waals surface area contributed by atoms with E-state index in [9.17, 15) is 0 Å². The molecule has 0 aromatic heterocycles. The fourth-order valence-corrected chi connectivity index (χ4v) is 123. The minimum absolute atomic E-state index is 0.758. The Kier molecular flexibility index (Phi) is 5.61. The van der Waals surface area contributed by atoms with Crippen molar-refractivity contribution in [2.24, 2.45) is 0 Å². The molecular formula is C15H32SeSi4. The average molecular weight is 404 g/mol. The van der Waals surface area contributed by atoms with Gasteiger partial charge in [0, 0.05) is 0 Å². The SMILES string of the molecule is C[Si](C)(C)[Si]([Se]c1ccccc1)([Si](C)(C)C)[Si](C)(C)C. The van der Waals surface area contributed by atoms with Gasteiger partial charge in [0.25, 0.3) is 0 Å². The zero-order chi connectivity index (χ0) is 15.8. The third-order valence-corrected chi connectivity index (χ3v) is 114. The van der Waals surface area contributed by atoms with Gasteiger partial charge in [-0.25, -0.2) is 0 Å². The van der Waals surface area contributed by atoms with Crippen LogP contribution < -0.4 is 4.46 Å². The molecule has 0 bridgehead atoms. The van der Waals surface area contributed by atoms with Crippen LogP contribution >= 0.6 is 0 Å². The van der Waals surface area contributed by atoms with E-state index in [0.717, 1.165) is 14.3 Å². The Balaban J connectivity index is 3.48. The molecule has 0 aliphatic rings. The van der Waals surface area contributed by atoms with E-state index in [1.165, 1.54) is 0 Å². The van der Waals surface area contributed by atoms with Crippen molar-refractivity contribution < 1.29 is 0 Å². The summed E-state index contributed by atoms with van der Waals surface area (Å²) in [4.78, 5) is 0. The summed E-state index contributed by atoms with van der Waals surface area (Å²) >= 11 is 0.758. The molecule has 114 valence electrons. The monoisotopic (exact) mass is 404 g/mol. The molecule has 0 fully saturated rings. The normalized spacial score (nSPS) is 14.4. The number of hydrogen-bond donors (Lipinski definition) is 0. The van der Waals surface area contributed by atoms with Crippen molar-refractivity contribution in [2.45, 2.75) is 58.9 Å². The summed E-state index contributed by atoms with van der Waals surface area (Å²) in [6.45, 7) is 24.3. The Morgan fingerprint density at radius 1 is 0.600 bits per heavy atom. The molecule has 0 heterocycles. The van der Waals surface area contributed by atoms with Crippen molar-refractivity contribution in [1.29, 1.82) is 0 Å². The average Bonchev–Trinajstić information content (AvgIpc) is 2.22. The molecule has 0 radical (unpaired) electrons. The maximum absolute atomic E-state index is 2.69. The van der Waals surface area contributed by atoms with Crippen molar-refractivity contribution in [3.63, 3.8) is 0 Å². The van der Waals surface area contributed by atoms with Gasteiger partial charge in [-0.2, -0.15) is 0 Å². The molecule has 0 unspecified atom stereocenters. The molecule has 1 aromatic rings. The molecule has 0 aliphatic heterocycles. The Hall–Kier alpha value is 0.607. The topological polar surface area (TPSA) is 0 Å². The zero-order valence-corrected chi connectivity index (χ0v) is 20.5. The van der Waals surface area contributed by atoms with E-state index in [4.69, 9.17) is 0 Å². The van der Waals surface area contributed by atoms with E-state index < -0.39 is 28.0 Å². The number of rotatable bonds is 5. The molecule has 5 heteroatoms. The first-order valence-corrected chi connectivity index (χ1v) is 26.4. The molecule has 1 rings (SSSR count). The first-order chi connectivity index (χ1) is 8.83. The Bertz CT molecular complexity index is 402. The fraction of sp³-hybridized carbons (Fsp3) is 0.600. The maximum atomic E-state index is 2.69. The first-order valence-electron chi connectivity index (χ1n) is 7.57. The van der Waals surface area contributed by atoms with Crippen molar-refractivity contribution in [3.05, 3.63) is 30.3 Å². The van der Waals surface area contributed by atoms with Gasteiger partial charge in [-0.05, 0) is 0 Å². The van der Waals surface area contributed by atoms with Crippen LogP contribution in [-0.2, 0) is 0 Å². The van der Waals surface area contributed by atoms with Gasteiger partial charge >= 0.3 is 136 Å². The van der Waals surface area contributed by atoms with E-state index >= 15 is 0 Å². The van der Waals surface area contributed by atoms with Crippen molar-refractivity contribution >= 4 is 46.8 Å². The van der Waals surface area contributed by atoms with Gasteiger partial charge in [-0.1, -0.05) is 0 Å². The molecule has 0 aliphatic carbocycles. The Morgan fingerprint density at radius 3 is 1.25 bits per heavy atom.